The summed E-state index contributed by atoms with van der Waals surface area (Å²) in [5.74, 6) is 1.31. The number of nitrogens with two attached hydrogens (primary N) is 1. The Balaban J connectivity index is 1.99. The quantitative estimate of drug-likeness (QED) is 0.851. The first-order valence-corrected chi connectivity index (χ1v) is 7.75. The maximum Gasteiger partial charge on any atom is 0.0136 e. The molecule has 1 aliphatic carbocycles. The van der Waals surface area contributed by atoms with E-state index in [1.54, 1.807) is 0 Å². The van der Waals surface area contributed by atoms with Crippen LogP contribution in [0.1, 0.15) is 44.6 Å². The zero-order valence-corrected chi connectivity index (χ0v) is 12.4. The normalized spacial score (nSPS) is 24.8. The Kier molecular flexibility index (Phi) is 5.41. The highest BCUT2D eigenvalue weighted by molar-refractivity contribution is 5.19. The van der Waals surface area contributed by atoms with Crippen LogP contribution in [0.25, 0.3) is 0 Å². The van der Waals surface area contributed by atoms with Gasteiger partial charge >= 0.3 is 0 Å². The molecule has 0 spiro atoms. The van der Waals surface area contributed by atoms with Crippen LogP contribution in [-0.2, 0) is 0 Å². The van der Waals surface area contributed by atoms with Crippen molar-refractivity contribution in [2.24, 2.45) is 11.7 Å². The number of rotatable bonds is 6. The lowest BCUT2D eigenvalue weighted by atomic mass is 9.97. The summed E-state index contributed by atoms with van der Waals surface area (Å²) in [4.78, 5) is 2.65. The van der Waals surface area contributed by atoms with E-state index >= 15 is 0 Å². The molecule has 2 rings (SSSR count). The van der Waals surface area contributed by atoms with Crippen molar-refractivity contribution in [3.05, 3.63) is 35.9 Å². The molecule has 0 saturated heterocycles. The first-order valence-electron chi connectivity index (χ1n) is 7.75. The lowest BCUT2D eigenvalue weighted by Crippen LogP contribution is -2.42. The van der Waals surface area contributed by atoms with E-state index in [1.165, 1.54) is 24.8 Å². The standard InChI is InChI=1S/C17H28N2/c1-3-19(17-11-7-10-16(17)12-18)13-14(2)15-8-5-4-6-9-15/h4-6,8-9,14,16-17H,3,7,10-13,18H2,1-2H3. The molecular weight excluding hydrogens is 232 g/mol. The fraction of sp³-hybridized carbons (Fsp3) is 0.647. The summed E-state index contributed by atoms with van der Waals surface area (Å²) in [5, 5.41) is 0. The van der Waals surface area contributed by atoms with E-state index in [-0.39, 0.29) is 0 Å². The molecule has 106 valence electrons. The number of hydrogen-bond donors (Lipinski definition) is 1. The van der Waals surface area contributed by atoms with Gasteiger partial charge < -0.3 is 5.73 Å². The van der Waals surface area contributed by atoms with Crippen molar-refractivity contribution in [3.8, 4) is 0 Å². The first-order chi connectivity index (χ1) is 9.26. The van der Waals surface area contributed by atoms with Crippen molar-refractivity contribution >= 4 is 0 Å². The molecule has 2 N–H and O–H groups in total. The van der Waals surface area contributed by atoms with Crippen molar-refractivity contribution in [1.29, 1.82) is 0 Å². The topological polar surface area (TPSA) is 29.3 Å². The van der Waals surface area contributed by atoms with E-state index in [0.717, 1.165) is 19.6 Å². The van der Waals surface area contributed by atoms with Gasteiger partial charge in [-0.1, -0.05) is 50.6 Å². The average Bonchev–Trinajstić information content (AvgIpc) is 2.93. The van der Waals surface area contributed by atoms with Crippen LogP contribution < -0.4 is 5.73 Å². The zero-order valence-electron chi connectivity index (χ0n) is 12.4. The summed E-state index contributed by atoms with van der Waals surface area (Å²) in [6.07, 6.45) is 4.00. The minimum absolute atomic E-state index is 0.597. The third-order valence-electron chi connectivity index (χ3n) is 4.67. The highest BCUT2D eigenvalue weighted by Crippen LogP contribution is 2.30. The van der Waals surface area contributed by atoms with Gasteiger partial charge in [-0.15, -0.1) is 0 Å². The van der Waals surface area contributed by atoms with Crippen LogP contribution in [0.2, 0.25) is 0 Å². The second-order valence-electron chi connectivity index (χ2n) is 5.89. The molecule has 3 unspecified atom stereocenters. The molecule has 0 amide bonds. The van der Waals surface area contributed by atoms with Crippen LogP contribution in [0.15, 0.2) is 30.3 Å². The smallest absolute Gasteiger partial charge is 0.0136 e. The molecule has 1 aliphatic rings. The van der Waals surface area contributed by atoms with Gasteiger partial charge in [0.1, 0.15) is 0 Å². The fourth-order valence-electron chi connectivity index (χ4n) is 3.51. The molecule has 0 heterocycles. The second kappa shape index (κ2) is 7.06. The molecule has 1 aromatic rings. The lowest BCUT2D eigenvalue weighted by molar-refractivity contribution is 0.162. The number of nitrogens with zero attached hydrogens (tertiary/aromatic N) is 1. The largest absolute Gasteiger partial charge is 0.330 e. The maximum absolute atomic E-state index is 5.93. The van der Waals surface area contributed by atoms with Gasteiger partial charge in [-0.05, 0) is 43.3 Å². The van der Waals surface area contributed by atoms with Gasteiger partial charge in [0, 0.05) is 12.6 Å². The predicted molar refractivity (Wildman–Crippen MR) is 82.3 cm³/mol. The van der Waals surface area contributed by atoms with Crippen LogP contribution in [0, 0.1) is 5.92 Å². The Morgan fingerprint density at radius 1 is 1.26 bits per heavy atom. The minimum atomic E-state index is 0.597. The molecule has 19 heavy (non-hydrogen) atoms. The Labute approximate surface area is 118 Å². The Bertz CT molecular complexity index is 363. The van der Waals surface area contributed by atoms with Gasteiger partial charge in [-0.25, -0.2) is 0 Å². The molecule has 0 radical (unpaired) electrons. The molecule has 0 bridgehead atoms. The molecule has 1 aromatic carbocycles. The van der Waals surface area contributed by atoms with Crippen LogP contribution in [0.3, 0.4) is 0 Å². The molecule has 1 fully saturated rings. The number of hydrogen-bond acceptors (Lipinski definition) is 2. The van der Waals surface area contributed by atoms with Gasteiger partial charge in [0.25, 0.3) is 0 Å². The zero-order chi connectivity index (χ0) is 13.7. The average molecular weight is 260 g/mol. The van der Waals surface area contributed by atoms with Gasteiger partial charge in [-0.2, -0.15) is 0 Å². The SMILES string of the molecule is CCN(CC(C)c1ccccc1)C1CCCC1CN. The van der Waals surface area contributed by atoms with E-state index in [4.69, 9.17) is 5.73 Å². The van der Waals surface area contributed by atoms with Crippen LogP contribution in [0.4, 0.5) is 0 Å². The summed E-state index contributed by atoms with van der Waals surface area (Å²) >= 11 is 0. The fourth-order valence-corrected chi connectivity index (χ4v) is 3.51. The summed E-state index contributed by atoms with van der Waals surface area (Å²) in [6.45, 7) is 7.76. The molecule has 1 saturated carbocycles. The highest BCUT2D eigenvalue weighted by Gasteiger charge is 2.30. The maximum atomic E-state index is 5.93. The summed E-state index contributed by atoms with van der Waals surface area (Å²) in [5.41, 5.74) is 7.38. The monoisotopic (exact) mass is 260 g/mol. The van der Waals surface area contributed by atoms with E-state index in [9.17, 15) is 0 Å². The van der Waals surface area contributed by atoms with Crippen molar-refractivity contribution in [2.75, 3.05) is 19.6 Å². The second-order valence-corrected chi connectivity index (χ2v) is 5.89. The Hall–Kier alpha value is -0.860. The van der Waals surface area contributed by atoms with Crippen LogP contribution in [0.5, 0.6) is 0 Å². The summed E-state index contributed by atoms with van der Waals surface area (Å²) in [6, 6.07) is 11.6. The van der Waals surface area contributed by atoms with E-state index in [1.807, 2.05) is 0 Å². The lowest BCUT2D eigenvalue weighted by Gasteiger charge is -2.33. The Morgan fingerprint density at radius 2 is 2.00 bits per heavy atom. The van der Waals surface area contributed by atoms with E-state index in [2.05, 4.69) is 49.1 Å². The molecule has 3 atom stereocenters. The summed E-state index contributed by atoms with van der Waals surface area (Å²) in [7, 11) is 0. The van der Waals surface area contributed by atoms with Gasteiger partial charge in [-0.3, -0.25) is 4.90 Å². The third kappa shape index (κ3) is 3.58. The summed E-state index contributed by atoms with van der Waals surface area (Å²) < 4.78 is 0. The van der Waals surface area contributed by atoms with Crippen LogP contribution in [-0.4, -0.2) is 30.6 Å². The number of likely N-dealkylation sites (N-methyl/N-ethyl adjacent to an activating group) is 1. The Morgan fingerprint density at radius 3 is 2.63 bits per heavy atom. The van der Waals surface area contributed by atoms with E-state index < -0.39 is 0 Å². The first kappa shape index (κ1) is 14.5. The molecule has 0 aromatic heterocycles. The van der Waals surface area contributed by atoms with Gasteiger partial charge in [0.05, 0.1) is 0 Å². The molecular formula is C17H28N2. The van der Waals surface area contributed by atoms with Crippen molar-refractivity contribution < 1.29 is 0 Å². The van der Waals surface area contributed by atoms with E-state index in [0.29, 0.717) is 17.9 Å². The van der Waals surface area contributed by atoms with Gasteiger partial charge in [0.2, 0.25) is 0 Å². The third-order valence-corrected chi connectivity index (χ3v) is 4.67. The minimum Gasteiger partial charge on any atom is -0.330 e. The van der Waals surface area contributed by atoms with Gasteiger partial charge in [0.15, 0.2) is 0 Å². The van der Waals surface area contributed by atoms with Crippen molar-refractivity contribution in [2.45, 2.75) is 45.1 Å². The number of benzene rings is 1. The molecule has 0 aliphatic heterocycles. The van der Waals surface area contributed by atoms with Crippen LogP contribution >= 0.6 is 0 Å². The highest BCUT2D eigenvalue weighted by atomic mass is 15.2. The van der Waals surface area contributed by atoms with Crippen molar-refractivity contribution in [3.63, 3.8) is 0 Å². The van der Waals surface area contributed by atoms with Crippen molar-refractivity contribution in [1.82, 2.24) is 4.90 Å². The molecule has 2 heteroatoms. The molecule has 2 nitrogen and oxygen atoms in total. The predicted octanol–water partition coefficient (Wildman–Crippen LogP) is 3.24.